The molecule has 0 heterocycles. The molecule has 4 heteroatoms. The van der Waals surface area contributed by atoms with Crippen LogP contribution in [0.2, 0.25) is 0 Å². The Morgan fingerprint density at radius 3 is 3.08 bits per heavy atom. The van der Waals surface area contributed by atoms with Crippen molar-refractivity contribution in [3.8, 4) is 0 Å². The molecule has 0 saturated carbocycles. The van der Waals surface area contributed by atoms with Gasteiger partial charge in [0.1, 0.15) is 5.70 Å². The molecule has 0 unspecified atom stereocenters. The summed E-state index contributed by atoms with van der Waals surface area (Å²) in [7, 11) is 0. The lowest BCUT2D eigenvalue weighted by molar-refractivity contribution is -0.00705. The van der Waals surface area contributed by atoms with Crippen molar-refractivity contribution in [2.45, 2.75) is 13.3 Å². The first-order valence-electron chi connectivity index (χ1n) is 4.22. The number of hydrogen-bond acceptors (Lipinski definition) is 2. The zero-order chi connectivity index (χ0) is 9.68. The monoisotopic (exact) mass is 179 g/mol. The van der Waals surface area contributed by atoms with Gasteiger partial charge in [-0.3, -0.25) is 0 Å². The molecule has 0 aromatic heterocycles. The van der Waals surface area contributed by atoms with Crippen molar-refractivity contribution in [1.82, 2.24) is 5.32 Å². The van der Waals surface area contributed by atoms with Crippen LogP contribution in [-0.4, -0.2) is 28.8 Å². The molecule has 0 aromatic carbocycles. The highest BCUT2D eigenvalue weighted by Crippen LogP contribution is 2.10. The number of nitrogens with one attached hydrogen (secondary N) is 1. The summed E-state index contributed by atoms with van der Waals surface area (Å²) in [6, 6.07) is 0. The number of allylic oxidation sites excluding steroid dienone is 4. The molecule has 0 aliphatic heterocycles. The van der Waals surface area contributed by atoms with Gasteiger partial charge in [-0.05, 0) is 13.0 Å². The topological polar surface area (TPSA) is 68.7 Å². The maximum atomic E-state index is 8.66. The van der Waals surface area contributed by atoms with Gasteiger partial charge < -0.3 is 16.0 Å². The molecular formula is C9H13N3O. The molecule has 70 valence electrons. The van der Waals surface area contributed by atoms with E-state index in [1.165, 1.54) is 0 Å². The molecular weight excluding hydrogens is 166 g/mol. The van der Waals surface area contributed by atoms with E-state index in [2.05, 4.69) is 10.1 Å². The van der Waals surface area contributed by atoms with Crippen molar-refractivity contribution >= 4 is 5.71 Å². The number of hydrogen-bond donors (Lipinski definition) is 2. The Morgan fingerprint density at radius 1 is 1.69 bits per heavy atom. The van der Waals surface area contributed by atoms with Crippen LogP contribution in [0.15, 0.2) is 23.4 Å². The van der Waals surface area contributed by atoms with Crippen LogP contribution in [-0.2, 0) is 0 Å². The second-order valence-corrected chi connectivity index (χ2v) is 2.91. The molecule has 0 atom stereocenters. The van der Waals surface area contributed by atoms with Gasteiger partial charge in [-0.25, -0.2) is 0 Å². The van der Waals surface area contributed by atoms with E-state index < -0.39 is 0 Å². The summed E-state index contributed by atoms with van der Waals surface area (Å²) in [5.74, 6) is 0. The summed E-state index contributed by atoms with van der Waals surface area (Å²) >= 11 is 0. The van der Waals surface area contributed by atoms with Gasteiger partial charge in [-0.15, -0.1) is 0 Å². The van der Waals surface area contributed by atoms with Crippen LogP contribution >= 0.6 is 0 Å². The molecule has 0 amide bonds. The smallest absolute Gasteiger partial charge is 0.318 e. The summed E-state index contributed by atoms with van der Waals surface area (Å²) in [5.41, 5.74) is 11.2. The second kappa shape index (κ2) is 4.60. The van der Waals surface area contributed by atoms with Crippen LogP contribution in [0, 0.1) is 0 Å². The molecule has 4 nitrogen and oxygen atoms in total. The Kier molecular flexibility index (Phi) is 3.43. The van der Waals surface area contributed by atoms with Gasteiger partial charge in [-0.2, -0.15) is 4.79 Å². The SMILES string of the molecule is CC1=CCC(=[N+]=[N-])C(NCCO)=C1. The maximum Gasteiger partial charge on any atom is 0.318 e. The standard InChI is InChI=1S/C9H13N3O/c1-7-2-3-8(12-10)9(6-7)11-4-5-13/h2,6,11,13H,3-5H2,1H3. The van der Waals surface area contributed by atoms with Crippen LogP contribution in [0.5, 0.6) is 0 Å². The Bertz CT molecular complexity index is 298. The third-order valence-electron chi connectivity index (χ3n) is 1.85. The first kappa shape index (κ1) is 9.71. The minimum absolute atomic E-state index is 0.0683. The normalized spacial score (nSPS) is 16.0. The van der Waals surface area contributed by atoms with Gasteiger partial charge in [0.2, 0.25) is 0 Å². The quantitative estimate of drug-likeness (QED) is 0.488. The minimum Gasteiger partial charge on any atom is -0.395 e. The number of nitrogens with zero attached hydrogens (tertiary/aromatic N) is 2. The Morgan fingerprint density at radius 2 is 2.46 bits per heavy atom. The van der Waals surface area contributed by atoms with Gasteiger partial charge in [-0.1, -0.05) is 11.6 Å². The van der Waals surface area contributed by atoms with Crippen LogP contribution in [0.3, 0.4) is 0 Å². The van der Waals surface area contributed by atoms with E-state index in [9.17, 15) is 0 Å². The average Bonchev–Trinajstić information content (AvgIpc) is 2.15. The van der Waals surface area contributed by atoms with Gasteiger partial charge in [0.25, 0.3) is 0 Å². The molecule has 1 aliphatic rings. The van der Waals surface area contributed by atoms with Crippen molar-refractivity contribution in [2.24, 2.45) is 0 Å². The first-order valence-corrected chi connectivity index (χ1v) is 4.22. The van der Waals surface area contributed by atoms with Gasteiger partial charge in [0, 0.05) is 6.54 Å². The summed E-state index contributed by atoms with van der Waals surface area (Å²) in [6.07, 6.45) is 4.51. The van der Waals surface area contributed by atoms with E-state index >= 15 is 0 Å². The predicted octanol–water partition coefficient (Wildman–Crippen LogP) is 0.473. The molecule has 2 N–H and O–H groups in total. The number of aliphatic hydroxyl groups is 1. The lowest BCUT2D eigenvalue weighted by atomic mass is 10.0. The first-order chi connectivity index (χ1) is 6.27. The van der Waals surface area contributed by atoms with Crippen molar-refractivity contribution in [2.75, 3.05) is 13.2 Å². The molecule has 0 aromatic rings. The molecule has 0 saturated heterocycles. The minimum atomic E-state index is 0.0683. The lowest BCUT2D eigenvalue weighted by Crippen LogP contribution is -2.25. The van der Waals surface area contributed by atoms with E-state index in [0.717, 1.165) is 11.3 Å². The molecule has 1 rings (SSSR count). The molecule has 0 spiro atoms. The maximum absolute atomic E-state index is 8.66. The third-order valence-corrected chi connectivity index (χ3v) is 1.85. The Balaban J connectivity index is 2.75. The fourth-order valence-electron chi connectivity index (χ4n) is 1.18. The largest absolute Gasteiger partial charge is 0.395 e. The highest BCUT2D eigenvalue weighted by molar-refractivity contribution is 5.97. The molecule has 0 bridgehead atoms. The average molecular weight is 179 g/mol. The van der Waals surface area contributed by atoms with E-state index in [0.29, 0.717) is 18.7 Å². The fraction of sp³-hybridized carbons (Fsp3) is 0.444. The van der Waals surface area contributed by atoms with Crippen molar-refractivity contribution < 1.29 is 9.90 Å². The van der Waals surface area contributed by atoms with Crippen molar-refractivity contribution in [3.63, 3.8) is 0 Å². The molecule has 13 heavy (non-hydrogen) atoms. The summed E-state index contributed by atoms with van der Waals surface area (Å²) in [4.78, 5) is 3.18. The van der Waals surface area contributed by atoms with Crippen molar-refractivity contribution in [1.29, 1.82) is 0 Å². The highest BCUT2D eigenvalue weighted by atomic mass is 16.3. The summed E-state index contributed by atoms with van der Waals surface area (Å²) < 4.78 is 0. The highest BCUT2D eigenvalue weighted by Gasteiger charge is 2.16. The van der Waals surface area contributed by atoms with Crippen molar-refractivity contribution in [3.05, 3.63) is 29.0 Å². The summed E-state index contributed by atoms with van der Waals surface area (Å²) in [6.45, 7) is 2.52. The molecule has 1 aliphatic carbocycles. The Hall–Kier alpha value is -1.38. The second-order valence-electron chi connectivity index (χ2n) is 2.91. The van der Waals surface area contributed by atoms with E-state index in [1.807, 2.05) is 19.1 Å². The third kappa shape index (κ3) is 2.54. The Labute approximate surface area is 77.2 Å². The van der Waals surface area contributed by atoms with Crippen LogP contribution in [0.1, 0.15) is 13.3 Å². The van der Waals surface area contributed by atoms with E-state index in [1.54, 1.807) is 0 Å². The van der Waals surface area contributed by atoms with Gasteiger partial charge in [0.05, 0.1) is 13.0 Å². The number of aliphatic hydroxyl groups excluding tert-OH is 1. The van der Waals surface area contributed by atoms with E-state index in [4.69, 9.17) is 10.6 Å². The zero-order valence-corrected chi connectivity index (χ0v) is 7.62. The predicted molar refractivity (Wildman–Crippen MR) is 50.2 cm³/mol. The summed E-state index contributed by atoms with van der Waals surface area (Å²) in [5, 5.41) is 11.6. The van der Waals surface area contributed by atoms with Crippen LogP contribution in [0.4, 0.5) is 0 Å². The molecule has 0 fully saturated rings. The lowest BCUT2D eigenvalue weighted by Gasteiger charge is -2.09. The van der Waals surface area contributed by atoms with Gasteiger partial charge in [0.15, 0.2) is 0 Å². The fourth-order valence-corrected chi connectivity index (χ4v) is 1.18. The molecule has 0 radical (unpaired) electrons. The van der Waals surface area contributed by atoms with Gasteiger partial charge >= 0.3 is 5.71 Å². The van der Waals surface area contributed by atoms with E-state index in [-0.39, 0.29) is 6.61 Å². The number of rotatable bonds is 3. The van der Waals surface area contributed by atoms with Crippen LogP contribution in [0.25, 0.3) is 5.53 Å². The van der Waals surface area contributed by atoms with Crippen LogP contribution < -0.4 is 5.32 Å². The zero-order valence-electron chi connectivity index (χ0n) is 7.62.